The second kappa shape index (κ2) is 15.7. The lowest BCUT2D eigenvalue weighted by molar-refractivity contribution is -0.629. The number of anilines is 2. The van der Waals surface area contributed by atoms with Crippen molar-refractivity contribution in [3.63, 3.8) is 0 Å². The molecule has 0 bridgehead atoms. The van der Waals surface area contributed by atoms with E-state index in [0.717, 1.165) is 23.4 Å². The number of benzene rings is 4. The first-order chi connectivity index (χ1) is 19.2. The maximum Gasteiger partial charge on any atom is 0.269 e. The molecule has 1 aromatic heterocycles. The summed E-state index contributed by atoms with van der Waals surface area (Å²) in [4.78, 5) is 4.18. The summed E-state index contributed by atoms with van der Waals surface area (Å²) in [5.74, 6) is 0. The van der Waals surface area contributed by atoms with Gasteiger partial charge in [-0.1, -0.05) is 53.8 Å². The van der Waals surface area contributed by atoms with Crippen LogP contribution in [0.25, 0.3) is 20.8 Å². The van der Waals surface area contributed by atoms with Gasteiger partial charge in [-0.05, 0) is 67.6 Å². The highest BCUT2D eigenvalue weighted by Gasteiger charge is 2.18. The van der Waals surface area contributed by atoms with Gasteiger partial charge in [0.05, 0.1) is 11.3 Å². The highest BCUT2D eigenvalue weighted by atomic mass is 35.5. The molecule has 0 saturated carbocycles. The molecule has 0 amide bonds. The third-order valence-corrected chi connectivity index (χ3v) is 8.16. The fourth-order valence-electron chi connectivity index (χ4n) is 4.50. The van der Waals surface area contributed by atoms with Crippen LogP contribution in [0.4, 0.5) is 11.4 Å². The van der Waals surface area contributed by atoms with Crippen LogP contribution in [0.5, 0.6) is 0 Å². The molecule has 0 radical (unpaired) electrons. The number of hydrogen-bond acceptors (Lipinski definition) is 5. The first-order valence-electron chi connectivity index (χ1n) is 13.4. The molecule has 5 nitrogen and oxygen atoms in total. The lowest BCUT2D eigenvalue weighted by atomic mass is 10.0. The van der Waals surface area contributed by atoms with Crippen LogP contribution in [-0.4, -0.2) is 41.0 Å². The molecule has 5 aromatic rings. The first-order valence-corrected chi connectivity index (χ1v) is 14.3. The van der Waals surface area contributed by atoms with E-state index in [4.69, 9.17) is 5.41 Å². The zero-order valence-corrected chi connectivity index (χ0v) is 27.7. The summed E-state index contributed by atoms with van der Waals surface area (Å²) >= 11 is 1.85. The monoisotopic (exact) mass is 620 g/mol. The number of thiazole rings is 1. The predicted octanol–water partition coefficient (Wildman–Crippen LogP) is 0.663. The van der Waals surface area contributed by atoms with Gasteiger partial charge in [-0.2, -0.15) is 4.57 Å². The molecule has 222 valence electrons. The van der Waals surface area contributed by atoms with Gasteiger partial charge in [-0.25, -0.2) is 0 Å². The average Bonchev–Trinajstić information content (AvgIpc) is 3.28. The molecule has 2 N–H and O–H groups in total. The van der Waals surface area contributed by atoms with Crippen molar-refractivity contribution in [1.82, 2.24) is 5.32 Å². The molecule has 0 aliphatic heterocycles. The Balaban J connectivity index is 0.000000280. The van der Waals surface area contributed by atoms with Crippen molar-refractivity contribution < 1.29 is 29.4 Å². The molecule has 4 aromatic carbocycles. The molecule has 0 saturated heterocycles. The molecule has 0 aliphatic rings. The van der Waals surface area contributed by atoms with Gasteiger partial charge in [0.2, 0.25) is 5.52 Å². The zero-order valence-electron chi connectivity index (χ0n) is 25.4. The van der Waals surface area contributed by atoms with Gasteiger partial charge in [0.1, 0.15) is 11.7 Å². The maximum absolute atomic E-state index is 8.29. The number of nitrogens with zero attached hydrogens (tertiary/aromatic N) is 3. The molecule has 0 fully saturated rings. The van der Waals surface area contributed by atoms with Crippen LogP contribution in [0.3, 0.4) is 0 Å². The van der Waals surface area contributed by atoms with E-state index in [9.17, 15) is 0 Å². The Bertz CT molecular complexity index is 1580. The Morgan fingerprint density at radius 1 is 0.762 bits per heavy atom. The number of aryl methyl sites for hydroxylation is 2. The average molecular weight is 622 g/mol. The number of nitrogens with one attached hydrogen (secondary N) is 2. The molecule has 0 spiro atoms. The van der Waals surface area contributed by atoms with E-state index in [2.05, 4.69) is 102 Å². The molecule has 0 unspecified atom stereocenters. The molecule has 8 heteroatoms. The topological polar surface area (TPSA) is 46.2 Å². The third kappa shape index (κ3) is 8.33. The van der Waals surface area contributed by atoms with Crippen molar-refractivity contribution in [2.75, 3.05) is 45.0 Å². The van der Waals surface area contributed by atoms with Crippen LogP contribution in [0.15, 0.2) is 91.0 Å². The second-order valence-corrected chi connectivity index (χ2v) is 11.5. The summed E-state index contributed by atoms with van der Waals surface area (Å²) in [5, 5.41) is 12.7. The largest absolute Gasteiger partial charge is 1.00 e. The summed E-state index contributed by atoms with van der Waals surface area (Å²) in [6.07, 6.45) is 0. The second-order valence-electron chi connectivity index (χ2n) is 10.4. The Morgan fingerprint density at radius 3 is 1.76 bits per heavy atom. The number of aromatic nitrogens is 1. The minimum absolute atomic E-state index is 0. The minimum atomic E-state index is 0. The Kier molecular flexibility index (Phi) is 13.0. The lowest BCUT2D eigenvalue weighted by Gasteiger charge is -2.13. The van der Waals surface area contributed by atoms with E-state index in [1.165, 1.54) is 37.6 Å². The molecular formula is C34H40Cl2N5S-. The van der Waals surface area contributed by atoms with E-state index in [-0.39, 0.29) is 24.8 Å². The first kappa shape index (κ1) is 34.8. The van der Waals surface area contributed by atoms with E-state index in [1.807, 2.05) is 68.9 Å². The SMILES string of the molecule is CNCc1ccc(C(=N)c2ccc(N(C)C)cc2)cc1.Cc1ccc2c(c1)sc(-c1ccc(N(C)C)cc1)[n+]2C.[Cl-].[Cl-]. The van der Waals surface area contributed by atoms with Crippen molar-refractivity contribution in [3.8, 4) is 10.6 Å². The number of rotatable bonds is 7. The van der Waals surface area contributed by atoms with E-state index < -0.39 is 0 Å². The quantitative estimate of drug-likeness (QED) is 0.208. The Labute approximate surface area is 267 Å². The van der Waals surface area contributed by atoms with Crippen molar-refractivity contribution >= 4 is 38.6 Å². The van der Waals surface area contributed by atoms with Gasteiger partial charge in [0.15, 0.2) is 0 Å². The number of halogens is 2. The van der Waals surface area contributed by atoms with Crippen LogP contribution in [0.1, 0.15) is 22.3 Å². The maximum atomic E-state index is 8.29. The fourth-order valence-corrected chi connectivity index (χ4v) is 5.76. The summed E-state index contributed by atoms with van der Waals surface area (Å²) < 4.78 is 3.63. The van der Waals surface area contributed by atoms with Crippen LogP contribution < -0.4 is 44.5 Å². The van der Waals surface area contributed by atoms with E-state index >= 15 is 0 Å². The minimum Gasteiger partial charge on any atom is -1.00 e. The van der Waals surface area contributed by atoms with Crippen molar-refractivity contribution in [3.05, 3.63) is 113 Å². The molecular weight excluding hydrogens is 581 g/mol. The molecule has 42 heavy (non-hydrogen) atoms. The fraction of sp³-hybridized carbons (Fsp3) is 0.235. The highest BCUT2D eigenvalue weighted by Crippen LogP contribution is 2.29. The van der Waals surface area contributed by atoms with Crippen molar-refractivity contribution in [2.24, 2.45) is 7.05 Å². The molecule has 0 atom stereocenters. The van der Waals surface area contributed by atoms with E-state index in [1.54, 1.807) is 0 Å². The number of fused-ring (bicyclic) bond motifs is 1. The normalized spacial score (nSPS) is 10.2. The van der Waals surface area contributed by atoms with Crippen molar-refractivity contribution in [1.29, 1.82) is 5.41 Å². The molecule has 1 heterocycles. The summed E-state index contributed by atoms with van der Waals surface area (Å²) in [5.41, 5.74) is 9.94. The summed E-state index contributed by atoms with van der Waals surface area (Å²) in [6.45, 7) is 3.00. The zero-order chi connectivity index (χ0) is 28.8. The smallest absolute Gasteiger partial charge is 0.269 e. The summed E-state index contributed by atoms with van der Waals surface area (Å²) in [7, 11) is 12.2. The summed E-state index contributed by atoms with van der Waals surface area (Å²) in [6, 6.07) is 31.6. The van der Waals surface area contributed by atoms with Crippen LogP contribution in [0, 0.1) is 12.3 Å². The van der Waals surface area contributed by atoms with Gasteiger partial charge in [-0.15, -0.1) is 0 Å². The van der Waals surface area contributed by atoms with Gasteiger partial charge in [-0.3, -0.25) is 5.41 Å². The lowest BCUT2D eigenvalue weighted by Crippen LogP contribution is -3.00. The number of hydrogen-bond donors (Lipinski definition) is 2. The Morgan fingerprint density at radius 2 is 1.26 bits per heavy atom. The third-order valence-electron chi connectivity index (χ3n) is 6.91. The standard InChI is InChI=1S/C17H21N3.C17H19N2S.2ClH/c1-19-12-13-4-6-14(7-5-13)17(18)15-8-10-16(11-9-15)20(2)3;1-12-5-10-15-16(11-12)20-17(19(15)4)13-6-8-14(9-7-13)18(2)3;;/h4-11,18-19H,12H2,1-3H3;5-11H,1-4H3;2*1H/q;+1;;/p-2. The van der Waals surface area contributed by atoms with E-state index in [0.29, 0.717) is 5.71 Å². The van der Waals surface area contributed by atoms with Gasteiger partial charge >= 0.3 is 0 Å². The van der Waals surface area contributed by atoms with Gasteiger partial charge < -0.3 is 39.9 Å². The van der Waals surface area contributed by atoms with Crippen LogP contribution in [-0.2, 0) is 13.6 Å². The predicted molar refractivity (Wildman–Crippen MR) is 173 cm³/mol. The molecule has 0 aliphatic carbocycles. The molecule has 5 rings (SSSR count). The highest BCUT2D eigenvalue weighted by molar-refractivity contribution is 7.21. The van der Waals surface area contributed by atoms with Gasteiger partial charge in [0.25, 0.3) is 5.01 Å². The Hall–Kier alpha value is -3.42. The van der Waals surface area contributed by atoms with Crippen LogP contribution >= 0.6 is 11.3 Å². The van der Waals surface area contributed by atoms with Crippen LogP contribution in [0.2, 0.25) is 0 Å². The van der Waals surface area contributed by atoms with Crippen molar-refractivity contribution in [2.45, 2.75) is 13.5 Å². The van der Waals surface area contributed by atoms with Gasteiger partial charge in [0, 0.05) is 63.3 Å².